The lowest BCUT2D eigenvalue weighted by molar-refractivity contribution is -0.253. The highest BCUT2D eigenvalue weighted by atomic mass is 16.7. The van der Waals surface area contributed by atoms with E-state index in [1.807, 2.05) is 30.3 Å². The molecule has 7 heteroatoms. The third kappa shape index (κ3) is 4.49. The van der Waals surface area contributed by atoms with Crippen molar-refractivity contribution in [2.45, 2.75) is 97.4 Å². The number of amides is 1. The summed E-state index contributed by atoms with van der Waals surface area (Å²) in [5.74, 6) is 1.74. The van der Waals surface area contributed by atoms with Gasteiger partial charge in [-0.15, -0.1) is 0 Å². The van der Waals surface area contributed by atoms with Crippen molar-refractivity contribution in [1.29, 1.82) is 0 Å². The van der Waals surface area contributed by atoms with Crippen molar-refractivity contribution in [2.75, 3.05) is 18.5 Å². The van der Waals surface area contributed by atoms with E-state index in [1.54, 1.807) is 0 Å². The van der Waals surface area contributed by atoms with Gasteiger partial charge in [0.2, 0.25) is 0 Å². The summed E-state index contributed by atoms with van der Waals surface area (Å²) < 4.78 is 25.1. The van der Waals surface area contributed by atoms with Crippen molar-refractivity contribution in [3.05, 3.63) is 42.0 Å². The van der Waals surface area contributed by atoms with Crippen LogP contribution >= 0.6 is 0 Å². The maximum absolute atomic E-state index is 13.3. The van der Waals surface area contributed by atoms with Gasteiger partial charge in [-0.3, -0.25) is 5.32 Å². The molecule has 7 nitrogen and oxygen atoms in total. The van der Waals surface area contributed by atoms with Crippen molar-refractivity contribution in [3.8, 4) is 0 Å². The first-order chi connectivity index (χ1) is 19.5. The van der Waals surface area contributed by atoms with Crippen LogP contribution in [-0.2, 0) is 18.9 Å². The van der Waals surface area contributed by atoms with E-state index in [2.05, 4.69) is 46.0 Å². The van der Waals surface area contributed by atoms with E-state index in [1.165, 1.54) is 5.57 Å². The van der Waals surface area contributed by atoms with Crippen LogP contribution in [0.1, 0.15) is 66.7 Å². The van der Waals surface area contributed by atoms with E-state index in [0.717, 1.165) is 44.6 Å². The van der Waals surface area contributed by atoms with Gasteiger partial charge in [-0.05, 0) is 73.5 Å². The molecule has 0 spiro atoms. The van der Waals surface area contributed by atoms with Crippen LogP contribution in [0.4, 0.5) is 10.5 Å². The van der Waals surface area contributed by atoms with Crippen molar-refractivity contribution in [3.63, 3.8) is 0 Å². The highest BCUT2D eigenvalue weighted by molar-refractivity contribution is 5.84. The van der Waals surface area contributed by atoms with E-state index < -0.39 is 12.2 Å². The second kappa shape index (κ2) is 9.80. The number of epoxide rings is 1. The molecule has 1 unspecified atom stereocenters. The average molecular weight is 566 g/mol. The Labute approximate surface area is 244 Å². The van der Waals surface area contributed by atoms with Gasteiger partial charge in [0.1, 0.15) is 12.2 Å². The zero-order chi connectivity index (χ0) is 28.7. The van der Waals surface area contributed by atoms with Gasteiger partial charge in [0, 0.05) is 28.4 Å². The second-order valence-electron chi connectivity index (χ2n) is 15.2. The molecule has 2 aliphatic heterocycles. The van der Waals surface area contributed by atoms with Crippen LogP contribution in [0.15, 0.2) is 42.0 Å². The summed E-state index contributed by atoms with van der Waals surface area (Å²) in [6.07, 6.45) is 5.83. The monoisotopic (exact) mass is 565 g/mol. The smallest absolute Gasteiger partial charge is 0.412 e. The van der Waals surface area contributed by atoms with Gasteiger partial charge in [0.15, 0.2) is 6.29 Å². The predicted octanol–water partition coefficient (Wildman–Crippen LogP) is 6.18. The summed E-state index contributed by atoms with van der Waals surface area (Å²) in [6, 6.07) is 9.49. The molecule has 3 saturated carbocycles. The molecule has 41 heavy (non-hydrogen) atoms. The van der Waals surface area contributed by atoms with Crippen molar-refractivity contribution < 1.29 is 28.8 Å². The normalized spacial score (nSPS) is 45.3. The van der Waals surface area contributed by atoms with Gasteiger partial charge in [-0.1, -0.05) is 58.4 Å². The number of aliphatic hydroxyl groups is 1. The average Bonchev–Trinajstić information content (AvgIpc) is 3.68. The Hall–Kier alpha value is -1.93. The minimum Gasteiger partial charge on any atom is -0.441 e. The van der Waals surface area contributed by atoms with Gasteiger partial charge in [0.25, 0.3) is 0 Å². The maximum Gasteiger partial charge on any atom is 0.412 e. The first-order valence-electron chi connectivity index (χ1n) is 15.8. The highest BCUT2D eigenvalue weighted by Crippen LogP contribution is 2.69. The van der Waals surface area contributed by atoms with Crippen LogP contribution in [-0.4, -0.2) is 55.1 Å². The van der Waals surface area contributed by atoms with E-state index >= 15 is 0 Å². The molecule has 1 aromatic rings. The number of carbonyl (C=O) groups excluding carboxylic acids is 1. The summed E-state index contributed by atoms with van der Waals surface area (Å²) in [5, 5.41) is 13.7. The molecule has 224 valence electrons. The number of carbonyl (C=O) groups is 1. The number of anilines is 1. The molecule has 0 aromatic heterocycles. The molecule has 0 bridgehead atoms. The number of ether oxygens (including phenoxy) is 4. The summed E-state index contributed by atoms with van der Waals surface area (Å²) in [6.45, 7) is 13.0. The maximum atomic E-state index is 13.3. The van der Waals surface area contributed by atoms with Crippen LogP contribution in [0, 0.1) is 45.8 Å². The third-order valence-corrected chi connectivity index (χ3v) is 12.1. The van der Waals surface area contributed by atoms with Gasteiger partial charge in [0.05, 0.1) is 25.4 Å². The molecule has 5 fully saturated rings. The Bertz CT molecular complexity index is 1190. The van der Waals surface area contributed by atoms with Gasteiger partial charge in [-0.25, -0.2) is 4.79 Å². The molecule has 11 atom stereocenters. The molecular weight excluding hydrogens is 518 g/mol. The van der Waals surface area contributed by atoms with E-state index in [4.69, 9.17) is 18.9 Å². The molecule has 2 N–H and O–H groups in total. The largest absolute Gasteiger partial charge is 0.441 e. The first kappa shape index (κ1) is 27.9. The number of benzene rings is 1. The number of nitrogens with one attached hydrogen (secondary N) is 1. The topological polar surface area (TPSA) is 89.6 Å². The minimum absolute atomic E-state index is 0.0527. The highest BCUT2D eigenvalue weighted by Gasteiger charge is 2.69. The standard InChI is InChI=1S/C34H47NO6/c1-19(30-38-17-32(2,3)18-39-30)22-11-12-23-27-24(13-14-33(22,23)4)34(5)20(15-25(36)28-29(34)41-28)16-26(27)40-31(37)35-21-9-7-6-8-10-21/h6-10,16,19,22-30,36H,11-15,17-18H2,1-5H3,(H,35,37)/t19?,22-,23+,24+,25-,26-,27+,28+,29+,33-,34+/m1/s1. The molecule has 2 saturated heterocycles. The molecule has 1 aromatic carbocycles. The molecule has 4 aliphatic carbocycles. The van der Waals surface area contributed by atoms with E-state index in [-0.39, 0.29) is 46.8 Å². The van der Waals surface area contributed by atoms with E-state index in [0.29, 0.717) is 30.1 Å². The third-order valence-electron chi connectivity index (χ3n) is 12.1. The predicted molar refractivity (Wildman–Crippen MR) is 155 cm³/mol. The fourth-order valence-corrected chi connectivity index (χ4v) is 10.0. The van der Waals surface area contributed by atoms with Crippen LogP contribution in [0.5, 0.6) is 0 Å². The molecular formula is C34H47NO6. The Kier molecular flexibility index (Phi) is 6.66. The van der Waals surface area contributed by atoms with Gasteiger partial charge in [-0.2, -0.15) is 0 Å². The Morgan fingerprint density at radius 3 is 2.51 bits per heavy atom. The van der Waals surface area contributed by atoms with E-state index in [9.17, 15) is 9.90 Å². The number of hydrogen-bond acceptors (Lipinski definition) is 6. The first-order valence-corrected chi connectivity index (χ1v) is 15.8. The number of hydrogen-bond donors (Lipinski definition) is 2. The molecule has 7 rings (SSSR count). The fourth-order valence-electron chi connectivity index (χ4n) is 10.0. The second-order valence-corrected chi connectivity index (χ2v) is 15.2. The number of rotatable bonds is 4. The quantitative estimate of drug-likeness (QED) is 0.335. The lowest BCUT2D eigenvalue weighted by Gasteiger charge is -2.59. The SMILES string of the molecule is CC(C1OCC(C)(C)CO1)[C@H]1CC[C@H]2[C@@H]3[C@H](OC(=O)Nc4ccccc4)C=C4C[C@@H](O)[C@@H]5O[C@@H]5[C@]4(C)[C@H]3CC[C@]12C. The van der Waals surface area contributed by atoms with Crippen LogP contribution in [0.2, 0.25) is 0 Å². The molecule has 6 aliphatic rings. The van der Waals surface area contributed by atoms with Crippen molar-refractivity contribution in [1.82, 2.24) is 0 Å². The summed E-state index contributed by atoms with van der Waals surface area (Å²) in [4.78, 5) is 13.3. The van der Waals surface area contributed by atoms with Gasteiger partial charge >= 0.3 is 6.09 Å². The lowest BCUT2D eigenvalue weighted by atomic mass is 9.46. The molecule has 0 radical (unpaired) electrons. The lowest BCUT2D eigenvalue weighted by Crippen LogP contribution is -2.58. The zero-order valence-electron chi connectivity index (χ0n) is 25.2. The summed E-state index contributed by atoms with van der Waals surface area (Å²) >= 11 is 0. The van der Waals surface area contributed by atoms with Gasteiger partial charge < -0.3 is 24.1 Å². The number of para-hydroxylation sites is 1. The molecule has 1 amide bonds. The van der Waals surface area contributed by atoms with Crippen LogP contribution in [0.3, 0.4) is 0 Å². The van der Waals surface area contributed by atoms with Crippen LogP contribution < -0.4 is 5.32 Å². The minimum atomic E-state index is -0.485. The van der Waals surface area contributed by atoms with Crippen LogP contribution in [0.25, 0.3) is 0 Å². The van der Waals surface area contributed by atoms with Crippen molar-refractivity contribution >= 4 is 11.8 Å². The number of fused-ring (bicyclic) bond motifs is 7. The molecule has 2 heterocycles. The fraction of sp³-hybridized carbons (Fsp3) is 0.735. The number of aliphatic hydroxyl groups excluding tert-OH is 1. The Morgan fingerprint density at radius 2 is 1.78 bits per heavy atom. The summed E-state index contributed by atoms with van der Waals surface area (Å²) in [7, 11) is 0. The summed E-state index contributed by atoms with van der Waals surface area (Å²) in [5.41, 5.74) is 1.97. The Balaban J connectivity index is 1.18. The van der Waals surface area contributed by atoms with Crippen molar-refractivity contribution in [2.24, 2.45) is 45.8 Å². The zero-order valence-corrected chi connectivity index (χ0v) is 25.2. The Morgan fingerprint density at radius 1 is 1.05 bits per heavy atom.